The summed E-state index contributed by atoms with van der Waals surface area (Å²) < 4.78 is 16.3. The van der Waals surface area contributed by atoms with Crippen LogP contribution in [0.5, 0.6) is 0 Å². The van der Waals surface area contributed by atoms with Gasteiger partial charge in [0.1, 0.15) is 11.3 Å². The third kappa shape index (κ3) is 4.33. The average molecular weight is 420 g/mol. The minimum absolute atomic E-state index is 0. The van der Waals surface area contributed by atoms with E-state index in [1.165, 1.54) is 18.9 Å². The highest BCUT2D eigenvalue weighted by atomic mass is 19.1. The van der Waals surface area contributed by atoms with Crippen LogP contribution in [0, 0.1) is 5.82 Å². The van der Waals surface area contributed by atoms with Crippen molar-refractivity contribution in [2.75, 3.05) is 10.6 Å². The van der Waals surface area contributed by atoms with E-state index in [0.717, 1.165) is 24.1 Å². The van der Waals surface area contributed by atoms with Gasteiger partial charge in [-0.15, -0.1) is 0 Å². The monoisotopic (exact) mass is 419 g/mol. The zero-order chi connectivity index (χ0) is 20.3. The largest absolute Gasteiger partial charge is 0.350 e. The van der Waals surface area contributed by atoms with Crippen molar-refractivity contribution in [1.29, 1.82) is 0 Å². The third-order valence-corrected chi connectivity index (χ3v) is 5.42. The number of halogens is 1. The van der Waals surface area contributed by atoms with Gasteiger partial charge in [0.05, 0.1) is 11.9 Å². The molecule has 0 unspecified atom stereocenters. The molecule has 0 radical (unpaired) electrons. The van der Waals surface area contributed by atoms with Gasteiger partial charge in [-0.2, -0.15) is 4.98 Å². The Morgan fingerprint density at radius 3 is 2.65 bits per heavy atom. The highest BCUT2D eigenvalue weighted by Gasteiger charge is 2.24. The molecule has 3 aromatic heterocycles. The van der Waals surface area contributed by atoms with Gasteiger partial charge in [0.2, 0.25) is 11.9 Å². The molecule has 0 atom stereocenters. The van der Waals surface area contributed by atoms with E-state index in [2.05, 4.69) is 30.2 Å². The molecule has 8 heteroatoms. The van der Waals surface area contributed by atoms with E-state index in [9.17, 15) is 4.39 Å². The fraction of sp³-hybridized carbons (Fsp3) is 0.304. The summed E-state index contributed by atoms with van der Waals surface area (Å²) in [6.07, 6.45) is 9.72. The van der Waals surface area contributed by atoms with Crippen molar-refractivity contribution in [3.05, 3.63) is 66.4 Å². The van der Waals surface area contributed by atoms with Crippen LogP contribution in [0.2, 0.25) is 0 Å². The van der Waals surface area contributed by atoms with E-state index in [-0.39, 0.29) is 19.3 Å². The lowest BCUT2D eigenvalue weighted by Crippen LogP contribution is -2.11. The van der Waals surface area contributed by atoms with Crippen LogP contribution in [0.25, 0.3) is 11.2 Å². The number of fused-ring (bicyclic) bond motifs is 1. The Morgan fingerprint density at radius 1 is 1.03 bits per heavy atom. The van der Waals surface area contributed by atoms with Gasteiger partial charge in [0.15, 0.2) is 5.65 Å². The first-order valence-corrected chi connectivity index (χ1v) is 10.2. The maximum atomic E-state index is 14.2. The molecule has 1 saturated carbocycles. The Kier molecular flexibility index (Phi) is 6.06. The van der Waals surface area contributed by atoms with Crippen molar-refractivity contribution in [2.24, 2.45) is 0 Å². The van der Waals surface area contributed by atoms with Crippen LogP contribution in [-0.2, 0) is 6.54 Å². The lowest BCUT2D eigenvalue weighted by atomic mass is 10.2. The van der Waals surface area contributed by atoms with E-state index in [4.69, 9.17) is 4.98 Å². The second-order valence-electron chi connectivity index (χ2n) is 7.47. The standard InChI is InChI=1S/C22H22FN7.CH4/c23-17-9-3-4-10-18(17)27-22-28-19-14-26-21(25-13-15-6-5-11-24-12-15)29-20(19)30(22)16-7-1-2-8-16;/h3-6,9-12,14,16H,1-2,7-8,13H2,(H,27,28)(H,25,26,29);1H4. The van der Waals surface area contributed by atoms with Crippen molar-refractivity contribution in [3.63, 3.8) is 0 Å². The molecular formula is C23H26FN7. The van der Waals surface area contributed by atoms with Crippen LogP contribution in [0.3, 0.4) is 0 Å². The number of hydrogen-bond donors (Lipinski definition) is 2. The Morgan fingerprint density at radius 2 is 1.87 bits per heavy atom. The first-order valence-electron chi connectivity index (χ1n) is 10.2. The van der Waals surface area contributed by atoms with E-state index < -0.39 is 0 Å². The van der Waals surface area contributed by atoms with Crippen molar-refractivity contribution in [3.8, 4) is 0 Å². The van der Waals surface area contributed by atoms with Gasteiger partial charge in [-0.05, 0) is 36.6 Å². The molecule has 0 amide bonds. The molecule has 1 fully saturated rings. The smallest absolute Gasteiger partial charge is 0.225 e. The lowest BCUT2D eigenvalue weighted by molar-refractivity contribution is 0.535. The summed E-state index contributed by atoms with van der Waals surface area (Å²) in [4.78, 5) is 18.0. The molecule has 1 aliphatic rings. The third-order valence-electron chi connectivity index (χ3n) is 5.42. The second-order valence-corrected chi connectivity index (χ2v) is 7.47. The van der Waals surface area contributed by atoms with Crippen LogP contribution in [0.1, 0.15) is 44.7 Å². The number of hydrogen-bond acceptors (Lipinski definition) is 6. The van der Waals surface area contributed by atoms with Gasteiger partial charge in [-0.1, -0.05) is 38.5 Å². The number of para-hydroxylation sites is 1. The molecule has 160 valence electrons. The van der Waals surface area contributed by atoms with Crippen LogP contribution >= 0.6 is 0 Å². The van der Waals surface area contributed by atoms with E-state index >= 15 is 0 Å². The van der Waals surface area contributed by atoms with Gasteiger partial charge >= 0.3 is 0 Å². The molecule has 0 bridgehead atoms. The first kappa shape index (κ1) is 20.7. The molecule has 31 heavy (non-hydrogen) atoms. The molecule has 3 heterocycles. The predicted molar refractivity (Wildman–Crippen MR) is 121 cm³/mol. The summed E-state index contributed by atoms with van der Waals surface area (Å²) >= 11 is 0. The Bertz CT molecular complexity index is 1150. The van der Waals surface area contributed by atoms with Gasteiger partial charge in [0, 0.05) is 25.0 Å². The predicted octanol–water partition coefficient (Wildman–Crippen LogP) is 5.47. The maximum Gasteiger partial charge on any atom is 0.225 e. The molecule has 0 aliphatic heterocycles. The normalized spacial score (nSPS) is 13.8. The summed E-state index contributed by atoms with van der Waals surface area (Å²) in [5, 5.41) is 6.42. The molecule has 4 aromatic rings. The number of anilines is 3. The van der Waals surface area contributed by atoms with Gasteiger partial charge in [-0.3, -0.25) is 9.55 Å². The number of imidazole rings is 1. The number of pyridine rings is 1. The Hall–Kier alpha value is -3.55. The fourth-order valence-corrected chi connectivity index (χ4v) is 3.94. The number of benzene rings is 1. The zero-order valence-electron chi connectivity index (χ0n) is 16.4. The van der Waals surface area contributed by atoms with E-state index in [0.29, 0.717) is 29.6 Å². The molecule has 0 saturated heterocycles. The highest BCUT2D eigenvalue weighted by Crippen LogP contribution is 2.36. The molecular weight excluding hydrogens is 393 g/mol. The summed E-state index contributed by atoms with van der Waals surface area (Å²) in [6.45, 7) is 0.581. The summed E-state index contributed by atoms with van der Waals surface area (Å²) in [5.74, 6) is 0.816. The van der Waals surface area contributed by atoms with Gasteiger partial charge in [-0.25, -0.2) is 14.4 Å². The van der Waals surface area contributed by atoms with E-state index in [1.807, 2.05) is 18.3 Å². The van der Waals surface area contributed by atoms with Gasteiger partial charge in [0.25, 0.3) is 0 Å². The fourth-order valence-electron chi connectivity index (χ4n) is 3.94. The minimum atomic E-state index is -0.313. The molecule has 0 spiro atoms. The lowest BCUT2D eigenvalue weighted by Gasteiger charge is -2.17. The quantitative estimate of drug-likeness (QED) is 0.431. The number of nitrogens with one attached hydrogen (secondary N) is 2. The van der Waals surface area contributed by atoms with E-state index in [1.54, 1.807) is 30.6 Å². The number of aromatic nitrogens is 5. The summed E-state index contributed by atoms with van der Waals surface area (Å²) in [5.41, 5.74) is 2.89. The molecule has 7 nitrogen and oxygen atoms in total. The van der Waals surface area contributed by atoms with Gasteiger partial charge < -0.3 is 10.6 Å². The number of rotatable bonds is 6. The Labute approximate surface area is 180 Å². The van der Waals surface area contributed by atoms with Crippen LogP contribution in [0.15, 0.2) is 55.0 Å². The van der Waals surface area contributed by atoms with Crippen LogP contribution < -0.4 is 10.6 Å². The SMILES string of the molecule is C.Fc1ccccc1Nc1nc2cnc(NCc3cccnc3)nc2n1C1CCCC1. The summed E-state index contributed by atoms with van der Waals surface area (Å²) in [6, 6.07) is 10.8. The molecule has 1 aliphatic carbocycles. The van der Waals surface area contributed by atoms with Crippen molar-refractivity contribution < 1.29 is 4.39 Å². The molecule has 1 aromatic carbocycles. The Balaban J connectivity index is 0.00000231. The second kappa shape index (κ2) is 9.07. The first-order chi connectivity index (χ1) is 14.8. The summed E-state index contributed by atoms with van der Waals surface area (Å²) in [7, 11) is 0. The van der Waals surface area contributed by atoms with Crippen molar-refractivity contribution in [2.45, 2.75) is 45.7 Å². The van der Waals surface area contributed by atoms with Crippen molar-refractivity contribution in [1.82, 2.24) is 24.5 Å². The van der Waals surface area contributed by atoms with Crippen LogP contribution in [0.4, 0.5) is 22.0 Å². The topological polar surface area (TPSA) is 80.6 Å². The van der Waals surface area contributed by atoms with Crippen molar-refractivity contribution >= 4 is 28.7 Å². The maximum absolute atomic E-state index is 14.2. The zero-order valence-corrected chi connectivity index (χ0v) is 16.4. The van der Waals surface area contributed by atoms with Crippen LogP contribution in [-0.4, -0.2) is 24.5 Å². The molecule has 2 N–H and O–H groups in total. The highest BCUT2D eigenvalue weighted by molar-refractivity contribution is 5.76. The molecule has 5 rings (SSSR count). The minimum Gasteiger partial charge on any atom is -0.350 e. The number of nitrogens with zero attached hydrogens (tertiary/aromatic N) is 5. The average Bonchev–Trinajstić information content (AvgIpc) is 3.41.